The van der Waals surface area contributed by atoms with E-state index >= 15 is 0 Å². The fourth-order valence-electron chi connectivity index (χ4n) is 2.05. The average Bonchev–Trinajstić information content (AvgIpc) is 2.99. The normalized spacial score (nSPS) is 11.3. The minimum Gasteiger partial charge on any atom is -0.462 e. The number of aryl methyl sites for hydroxylation is 1. The van der Waals surface area contributed by atoms with Crippen LogP contribution in [0.3, 0.4) is 0 Å². The van der Waals surface area contributed by atoms with E-state index in [9.17, 15) is 14.9 Å². The molecule has 0 atom stereocenters. The summed E-state index contributed by atoms with van der Waals surface area (Å²) in [4.78, 5) is 26.6. The maximum absolute atomic E-state index is 12.7. The van der Waals surface area contributed by atoms with Crippen LogP contribution in [-0.4, -0.2) is 18.4 Å². The van der Waals surface area contributed by atoms with Gasteiger partial charge in [-0.3, -0.25) is 4.79 Å². The van der Waals surface area contributed by atoms with Gasteiger partial charge in [-0.15, -0.1) is 11.3 Å². The van der Waals surface area contributed by atoms with Crippen LogP contribution < -0.4 is 0 Å². The summed E-state index contributed by atoms with van der Waals surface area (Å²) in [5, 5.41) is 9.51. The second-order valence-electron chi connectivity index (χ2n) is 4.69. The predicted octanol–water partition coefficient (Wildman–Crippen LogP) is 3.78. The maximum Gasteiger partial charge on any atom is 0.343 e. The molecule has 0 aliphatic rings. The molecule has 0 fully saturated rings. The van der Waals surface area contributed by atoms with E-state index in [1.807, 2.05) is 19.1 Å². The lowest BCUT2D eigenvalue weighted by atomic mass is 9.98. The molecule has 0 N–H and O–H groups in total. The largest absolute Gasteiger partial charge is 0.462 e. The van der Waals surface area contributed by atoms with E-state index in [-0.39, 0.29) is 17.8 Å². The smallest absolute Gasteiger partial charge is 0.343 e. The van der Waals surface area contributed by atoms with Crippen LogP contribution >= 0.6 is 11.3 Å². The van der Waals surface area contributed by atoms with Crippen LogP contribution in [-0.2, 0) is 9.53 Å². The maximum atomic E-state index is 12.7. The zero-order chi connectivity index (χ0) is 16.8. The van der Waals surface area contributed by atoms with Gasteiger partial charge in [-0.25, -0.2) is 4.79 Å². The Morgan fingerprint density at radius 2 is 1.87 bits per heavy atom. The first-order chi connectivity index (χ1) is 11.1. The summed E-state index contributed by atoms with van der Waals surface area (Å²) in [5.74, 6) is -1.28. The summed E-state index contributed by atoms with van der Waals surface area (Å²) in [6.45, 7) is 3.68. The summed E-state index contributed by atoms with van der Waals surface area (Å²) >= 11 is 1.36. The minimum absolute atomic E-state index is 0.0513. The molecule has 0 bridgehead atoms. The number of allylic oxidation sites excluding steroid dienone is 1. The SMILES string of the molecule is CCOC(=O)/C(C(=O)c1ccccc1)=C(\C#N)c1ccc(C)s1. The number of rotatable bonds is 5. The monoisotopic (exact) mass is 325 g/mol. The number of hydrogen-bond acceptors (Lipinski definition) is 5. The van der Waals surface area contributed by atoms with Gasteiger partial charge in [0.2, 0.25) is 5.78 Å². The van der Waals surface area contributed by atoms with Gasteiger partial charge in [0.1, 0.15) is 11.6 Å². The summed E-state index contributed by atoms with van der Waals surface area (Å²) < 4.78 is 4.99. The van der Waals surface area contributed by atoms with Gasteiger partial charge in [-0.2, -0.15) is 5.26 Å². The van der Waals surface area contributed by atoms with E-state index < -0.39 is 11.8 Å². The number of Topliss-reactive ketones (excluding diaryl/α,β-unsaturated/α-hetero) is 1. The summed E-state index contributed by atoms with van der Waals surface area (Å²) in [6, 6.07) is 14.0. The third kappa shape index (κ3) is 3.74. The Hall–Kier alpha value is -2.71. The van der Waals surface area contributed by atoms with Crippen molar-refractivity contribution in [3.63, 3.8) is 0 Å². The predicted molar refractivity (Wildman–Crippen MR) is 89.0 cm³/mol. The first-order valence-corrected chi connectivity index (χ1v) is 7.88. The van der Waals surface area contributed by atoms with Crippen LogP contribution in [0.1, 0.15) is 27.0 Å². The molecule has 4 nitrogen and oxygen atoms in total. The van der Waals surface area contributed by atoms with Gasteiger partial charge >= 0.3 is 5.97 Å². The number of ketones is 1. The van der Waals surface area contributed by atoms with E-state index in [2.05, 4.69) is 0 Å². The van der Waals surface area contributed by atoms with Crippen LogP contribution in [0.15, 0.2) is 48.0 Å². The van der Waals surface area contributed by atoms with Crippen molar-refractivity contribution in [3.8, 4) is 6.07 Å². The van der Waals surface area contributed by atoms with Crippen LogP contribution in [0.5, 0.6) is 0 Å². The summed E-state index contributed by atoms with van der Waals surface area (Å²) in [6.07, 6.45) is 0. The van der Waals surface area contributed by atoms with E-state index in [4.69, 9.17) is 4.74 Å². The topological polar surface area (TPSA) is 67.2 Å². The van der Waals surface area contributed by atoms with Crippen molar-refractivity contribution in [1.29, 1.82) is 5.26 Å². The lowest BCUT2D eigenvalue weighted by Gasteiger charge is -2.08. The lowest BCUT2D eigenvalue weighted by Crippen LogP contribution is -2.18. The second-order valence-corrected chi connectivity index (χ2v) is 5.98. The first-order valence-electron chi connectivity index (χ1n) is 7.06. The molecule has 0 radical (unpaired) electrons. The number of ether oxygens (including phenoxy) is 1. The quantitative estimate of drug-likeness (QED) is 0.209. The van der Waals surface area contributed by atoms with Gasteiger partial charge in [-0.05, 0) is 26.0 Å². The number of benzene rings is 1. The van der Waals surface area contributed by atoms with Gasteiger partial charge in [-0.1, -0.05) is 30.3 Å². The number of nitriles is 1. The van der Waals surface area contributed by atoms with Gasteiger partial charge in [0.15, 0.2) is 0 Å². The van der Waals surface area contributed by atoms with Crippen molar-refractivity contribution in [3.05, 3.63) is 63.4 Å². The Morgan fingerprint density at radius 1 is 1.17 bits per heavy atom. The molecule has 5 heteroatoms. The highest BCUT2D eigenvalue weighted by Gasteiger charge is 2.27. The molecule has 23 heavy (non-hydrogen) atoms. The van der Waals surface area contributed by atoms with Crippen LogP contribution in [0.4, 0.5) is 0 Å². The number of nitrogens with zero attached hydrogens (tertiary/aromatic N) is 1. The Morgan fingerprint density at radius 3 is 2.39 bits per heavy atom. The Kier molecular flexibility index (Phi) is 5.45. The van der Waals surface area contributed by atoms with Gasteiger partial charge < -0.3 is 4.74 Å². The van der Waals surface area contributed by atoms with E-state index in [1.54, 1.807) is 43.3 Å². The molecule has 0 amide bonds. The third-order valence-electron chi connectivity index (χ3n) is 3.09. The molecular formula is C18H15NO3S. The first kappa shape index (κ1) is 16.7. The van der Waals surface area contributed by atoms with Gasteiger partial charge in [0.05, 0.1) is 12.2 Å². The number of carbonyl (C=O) groups is 2. The number of carbonyl (C=O) groups excluding carboxylic acids is 2. The van der Waals surface area contributed by atoms with E-state index in [0.717, 1.165) is 4.88 Å². The molecular weight excluding hydrogens is 310 g/mol. The summed E-state index contributed by atoms with van der Waals surface area (Å²) in [5.41, 5.74) is 0.175. The molecule has 116 valence electrons. The molecule has 1 heterocycles. The molecule has 0 aliphatic carbocycles. The standard InChI is InChI=1S/C18H15NO3S/c1-3-22-18(21)16(17(20)13-7-5-4-6-8-13)14(11-19)15-10-9-12(2)23-15/h4-10H,3H2,1-2H3/b16-14+. The molecule has 0 aliphatic heterocycles. The van der Waals surface area contributed by atoms with Crippen LogP contribution in [0, 0.1) is 18.3 Å². The minimum atomic E-state index is -0.774. The Labute approximate surface area is 138 Å². The van der Waals surface area contributed by atoms with Gasteiger partial charge in [0.25, 0.3) is 0 Å². The number of thiophene rings is 1. The molecule has 1 aromatic heterocycles. The van der Waals surface area contributed by atoms with Crippen molar-refractivity contribution in [2.45, 2.75) is 13.8 Å². The zero-order valence-corrected chi connectivity index (χ0v) is 13.6. The molecule has 2 aromatic rings. The lowest BCUT2D eigenvalue weighted by molar-refractivity contribution is -0.137. The Balaban J connectivity index is 2.62. The fraction of sp³-hybridized carbons (Fsp3) is 0.167. The van der Waals surface area contributed by atoms with Crippen molar-refractivity contribution < 1.29 is 14.3 Å². The second kappa shape index (κ2) is 7.52. The molecule has 0 saturated heterocycles. The molecule has 1 aromatic carbocycles. The zero-order valence-electron chi connectivity index (χ0n) is 12.8. The molecule has 2 rings (SSSR count). The molecule has 0 saturated carbocycles. The third-order valence-corrected chi connectivity index (χ3v) is 4.11. The van der Waals surface area contributed by atoms with Crippen LogP contribution in [0.25, 0.3) is 5.57 Å². The van der Waals surface area contributed by atoms with Gasteiger partial charge in [0, 0.05) is 15.3 Å². The van der Waals surface area contributed by atoms with Crippen LogP contribution in [0.2, 0.25) is 0 Å². The van der Waals surface area contributed by atoms with Crippen molar-refractivity contribution in [1.82, 2.24) is 0 Å². The van der Waals surface area contributed by atoms with Crippen molar-refractivity contribution >= 4 is 28.7 Å². The highest BCUT2D eigenvalue weighted by Crippen LogP contribution is 2.28. The molecule has 0 unspecified atom stereocenters. The Bertz CT molecular complexity index is 797. The highest BCUT2D eigenvalue weighted by molar-refractivity contribution is 7.13. The molecule has 0 spiro atoms. The van der Waals surface area contributed by atoms with E-state index in [0.29, 0.717) is 10.4 Å². The highest BCUT2D eigenvalue weighted by atomic mass is 32.1. The summed E-state index contributed by atoms with van der Waals surface area (Å²) in [7, 11) is 0. The van der Waals surface area contributed by atoms with E-state index in [1.165, 1.54) is 11.3 Å². The fourth-order valence-corrected chi connectivity index (χ4v) is 2.92. The average molecular weight is 325 g/mol. The van der Waals surface area contributed by atoms with Crippen molar-refractivity contribution in [2.75, 3.05) is 6.61 Å². The van der Waals surface area contributed by atoms with Crippen molar-refractivity contribution in [2.24, 2.45) is 0 Å². The number of esters is 1. The number of hydrogen-bond donors (Lipinski definition) is 0.